The highest BCUT2D eigenvalue weighted by Gasteiger charge is 2.17. The minimum absolute atomic E-state index is 0.0943. The number of aliphatic imine (C=N–C) groups is 1. The van der Waals surface area contributed by atoms with E-state index in [0.29, 0.717) is 19.5 Å². The number of carbonyl (C=O) groups excluding carboxylic acids is 1. The maximum atomic E-state index is 11.7. The lowest BCUT2D eigenvalue weighted by Crippen LogP contribution is -2.48. The van der Waals surface area contributed by atoms with Crippen LogP contribution in [0.4, 0.5) is 0 Å². The SMILES string of the molecule is CN[C@@H](CCCN=C(N)N)CN[C@@H](Cc1ccc(O)cc1)C(N)=O. The zero-order valence-corrected chi connectivity index (χ0v) is 14.0. The molecule has 1 aromatic carbocycles. The van der Waals surface area contributed by atoms with Gasteiger partial charge in [-0.3, -0.25) is 9.79 Å². The van der Waals surface area contributed by atoms with Crippen LogP contribution >= 0.6 is 0 Å². The van der Waals surface area contributed by atoms with Gasteiger partial charge in [-0.05, 0) is 44.0 Å². The smallest absolute Gasteiger partial charge is 0.234 e. The van der Waals surface area contributed by atoms with Gasteiger partial charge in [-0.1, -0.05) is 12.1 Å². The summed E-state index contributed by atoms with van der Waals surface area (Å²) in [6.07, 6.45) is 2.18. The van der Waals surface area contributed by atoms with Crippen LogP contribution in [0.3, 0.4) is 0 Å². The van der Waals surface area contributed by atoms with Crippen LogP contribution in [0.5, 0.6) is 5.75 Å². The standard InChI is InChI=1S/C16H28N6O2/c1-20-12(3-2-8-21-16(18)19)10-22-14(15(17)24)9-11-4-6-13(23)7-5-11/h4-7,12,14,20,22-23H,2-3,8-10H2,1H3,(H2,17,24)(H4,18,19,21)/t12-,14-/m0/s1. The molecular formula is C16H28N6O2. The van der Waals surface area contributed by atoms with E-state index in [2.05, 4.69) is 15.6 Å². The number of likely N-dealkylation sites (N-methyl/N-ethyl adjacent to an activating group) is 1. The predicted octanol–water partition coefficient (Wildman–Crippen LogP) is -0.980. The summed E-state index contributed by atoms with van der Waals surface area (Å²) in [5.41, 5.74) is 17.0. The average molecular weight is 336 g/mol. The molecule has 0 spiro atoms. The Morgan fingerprint density at radius 1 is 1.25 bits per heavy atom. The Balaban J connectivity index is 2.47. The third-order valence-corrected chi connectivity index (χ3v) is 3.74. The lowest BCUT2D eigenvalue weighted by molar-refractivity contribution is -0.120. The third-order valence-electron chi connectivity index (χ3n) is 3.74. The normalized spacial score (nSPS) is 13.2. The number of carbonyl (C=O) groups is 1. The van der Waals surface area contributed by atoms with E-state index in [1.165, 1.54) is 0 Å². The number of hydrogen-bond acceptors (Lipinski definition) is 5. The molecule has 0 bridgehead atoms. The van der Waals surface area contributed by atoms with Crippen molar-refractivity contribution >= 4 is 11.9 Å². The first-order valence-corrected chi connectivity index (χ1v) is 7.95. The summed E-state index contributed by atoms with van der Waals surface area (Å²) < 4.78 is 0. The van der Waals surface area contributed by atoms with Crippen LogP contribution in [0, 0.1) is 0 Å². The molecule has 0 heterocycles. The molecule has 2 atom stereocenters. The second-order valence-corrected chi connectivity index (χ2v) is 5.67. The molecule has 0 fully saturated rings. The number of nitrogens with one attached hydrogen (secondary N) is 2. The lowest BCUT2D eigenvalue weighted by atomic mass is 10.0. The molecule has 0 unspecified atom stereocenters. The summed E-state index contributed by atoms with van der Waals surface area (Å²) in [6.45, 7) is 1.18. The first kappa shape index (κ1) is 19.7. The van der Waals surface area contributed by atoms with Crippen LogP contribution in [0.1, 0.15) is 18.4 Å². The second-order valence-electron chi connectivity index (χ2n) is 5.67. The first-order chi connectivity index (χ1) is 11.4. The fourth-order valence-electron chi connectivity index (χ4n) is 2.32. The van der Waals surface area contributed by atoms with Crippen LogP contribution in [-0.2, 0) is 11.2 Å². The molecule has 134 valence electrons. The molecule has 0 saturated carbocycles. The Labute approximate surface area is 142 Å². The summed E-state index contributed by atoms with van der Waals surface area (Å²) in [7, 11) is 1.87. The van der Waals surface area contributed by atoms with Crippen molar-refractivity contribution < 1.29 is 9.90 Å². The van der Waals surface area contributed by atoms with Gasteiger partial charge >= 0.3 is 0 Å². The van der Waals surface area contributed by atoms with E-state index in [1.54, 1.807) is 24.3 Å². The number of aromatic hydroxyl groups is 1. The minimum atomic E-state index is -0.469. The summed E-state index contributed by atoms with van der Waals surface area (Å²) >= 11 is 0. The lowest BCUT2D eigenvalue weighted by Gasteiger charge is -2.21. The summed E-state index contributed by atoms with van der Waals surface area (Å²) in [5, 5.41) is 15.7. The number of amides is 1. The molecular weight excluding hydrogens is 308 g/mol. The molecule has 1 rings (SSSR count). The molecule has 1 aromatic rings. The topological polar surface area (TPSA) is 152 Å². The Bertz CT molecular complexity index is 528. The molecule has 0 saturated heterocycles. The maximum Gasteiger partial charge on any atom is 0.234 e. The molecule has 1 amide bonds. The van der Waals surface area contributed by atoms with Gasteiger partial charge in [-0.15, -0.1) is 0 Å². The fourth-order valence-corrected chi connectivity index (χ4v) is 2.32. The van der Waals surface area contributed by atoms with E-state index in [4.69, 9.17) is 17.2 Å². The first-order valence-electron chi connectivity index (χ1n) is 7.95. The molecule has 0 radical (unpaired) electrons. The molecule has 8 nitrogen and oxygen atoms in total. The van der Waals surface area contributed by atoms with Crippen LogP contribution in [0.2, 0.25) is 0 Å². The zero-order chi connectivity index (χ0) is 17.9. The second kappa shape index (κ2) is 10.5. The molecule has 0 aromatic heterocycles. The van der Waals surface area contributed by atoms with Crippen molar-refractivity contribution in [2.75, 3.05) is 20.1 Å². The fraction of sp³-hybridized carbons (Fsp3) is 0.500. The number of rotatable bonds is 11. The van der Waals surface area contributed by atoms with Crippen molar-refractivity contribution in [1.29, 1.82) is 0 Å². The highest BCUT2D eigenvalue weighted by Crippen LogP contribution is 2.11. The van der Waals surface area contributed by atoms with E-state index >= 15 is 0 Å². The number of nitrogens with two attached hydrogens (primary N) is 3. The van der Waals surface area contributed by atoms with Crippen LogP contribution < -0.4 is 27.8 Å². The summed E-state index contributed by atoms with van der Waals surface area (Å²) in [5.74, 6) is -0.117. The number of benzene rings is 1. The molecule has 0 aliphatic rings. The van der Waals surface area contributed by atoms with Crippen LogP contribution in [0.15, 0.2) is 29.3 Å². The van der Waals surface area contributed by atoms with Crippen LogP contribution in [0.25, 0.3) is 0 Å². The van der Waals surface area contributed by atoms with Gasteiger partial charge in [0.25, 0.3) is 0 Å². The van der Waals surface area contributed by atoms with Gasteiger partial charge in [0.05, 0.1) is 6.04 Å². The van der Waals surface area contributed by atoms with Crippen molar-refractivity contribution in [3.8, 4) is 5.75 Å². The van der Waals surface area contributed by atoms with Crippen molar-refractivity contribution in [1.82, 2.24) is 10.6 Å². The molecule has 8 heteroatoms. The van der Waals surface area contributed by atoms with E-state index < -0.39 is 11.9 Å². The molecule has 24 heavy (non-hydrogen) atoms. The number of primary amides is 1. The Morgan fingerprint density at radius 2 is 1.92 bits per heavy atom. The predicted molar refractivity (Wildman–Crippen MR) is 95.6 cm³/mol. The van der Waals surface area contributed by atoms with Crippen molar-refractivity contribution in [2.24, 2.45) is 22.2 Å². The van der Waals surface area contributed by atoms with Crippen molar-refractivity contribution in [3.63, 3.8) is 0 Å². The number of phenolic OH excluding ortho intramolecular Hbond substituents is 1. The van der Waals surface area contributed by atoms with Gasteiger partial charge in [0.2, 0.25) is 5.91 Å². The summed E-state index contributed by atoms with van der Waals surface area (Å²) in [4.78, 5) is 15.6. The van der Waals surface area contributed by atoms with Crippen LogP contribution in [-0.4, -0.2) is 49.2 Å². The molecule has 9 N–H and O–H groups in total. The number of nitrogens with zero attached hydrogens (tertiary/aromatic N) is 1. The highest BCUT2D eigenvalue weighted by molar-refractivity contribution is 5.80. The Morgan fingerprint density at radius 3 is 2.46 bits per heavy atom. The zero-order valence-electron chi connectivity index (χ0n) is 14.0. The van der Waals surface area contributed by atoms with E-state index in [9.17, 15) is 9.90 Å². The van der Waals surface area contributed by atoms with E-state index in [0.717, 1.165) is 18.4 Å². The summed E-state index contributed by atoms with van der Waals surface area (Å²) in [6, 6.07) is 6.44. The number of hydrogen-bond donors (Lipinski definition) is 6. The average Bonchev–Trinajstić information content (AvgIpc) is 2.54. The number of phenols is 1. The van der Waals surface area contributed by atoms with E-state index in [1.807, 2.05) is 7.05 Å². The Hall–Kier alpha value is -2.32. The quantitative estimate of drug-likeness (QED) is 0.174. The van der Waals surface area contributed by atoms with Crippen molar-refractivity contribution in [2.45, 2.75) is 31.3 Å². The van der Waals surface area contributed by atoms with E-state index in [-0.39, 0.29) is 17.8 Å². The Kier molecular flexibility index (Phi) is 8.59. The molecule has 0 aliphatic heterocycles. The largest absolute Gasteiger partial charge is 0.508 e. The van der Waals surface area contributed by atoms with Crippen molar-refractivity contribution in [3.05, 3.63) is 29.8 Å². The monoisotopic (exact) mass is 336 g/mol. The number of guanidine groups is 1. The third kappa shape index (κ3) is 7.80. The van der Waals surface area contributed by atoms with Gasteiger partial charge in [0.15, 0.2) is 5.96 Å². The van der Waals surface area contributed by atoms with Gasteiger partial charge < -0.3 is 32.9 Å². The highest BCUT2D eigenvalue weighted by atomic mass is 16.3. The van der Waals surface area contributed by atoms with Gasteiger partial charge in [-0.2, -0.15) is 0 Å². The maximum absolute atomic E-state index is 11.7. The molecule has 0 aliphatic carbocycles. The van der Waals surface area contributed by atoms with Gasteiger partial charge in [-0.25, -0.2) is 0 Å². The van der Waals surface area contributed by atoms with Gasteiger partial charge in [0, 0.05) is 19.1 Å². The minimum Gasteiger partial charge on any atom is -0.508 e. The van der Waals surface area contributed by atoms with Gasteiger partial charge in [0.1, 0.15) is 5.75 Å².